The number of carbonyl (C=O) groups is 2. The second-order valence-electron chi connectivity index (χ2n) is 4.75. The lowest BCUT2D eigenvalue weighted by Gasteiger charge is -2.28. The molecule has 0 aromatic rings. The minimum Gasteiger partial charge on any atom is -0.481 e. The van der Waals surface area contributed by atoms with Crippen LogP contribution in [0.3, 0.4) is 0 Å². The van der Waals surface area contributed by atoms with Crippen molar-refractivity contribution < 1.29 is 19.8 Å². The van der Waals surface area contributed by atoms with E-state index in [2.05, 4.69) is 0 Å². The molecule has 2 N–H and O–H groups in total. The van der Waals surface area contributed by atoms with E-state index in [4.69, 9.17) is 5.11 Å². The van der Waals surface area contributed by atoms with E-state index >= 15 is 0 Å². The van der Waals surface area contributed by atoms with Gasteiger partial charge in [0.25, 0.3) is 5.91 Å². The fourth-order valence-electron chi connectivity index (χ4n) is 2.25. The number of hydrogen-bond acceptors (Lipinski definition) is 3. The summed E-state index contributed by atoms with van der Waals surface area (Å²) in [5.74, 6) is -1.24. The molecule has 0 bridgehead atoms. The maximum Gasteiger partial charge on any atom is 0.305 e. The number of hydrogen-bond donors (Lipinski definition) is 2. The minimum absolute atomic E-state index is 0.0449. The summed E-state index contributed by atoms with van der Waals surface area (Å²) in [5.41, 5.74) is 0. The molecule has 1 aliphatic carbocycles. The Hall–Kier alpha value is -1.10. The van der Waals surface area contributed by atoms with E-state index in [-0.39, 0.29) is 24.8 Å². The van der Waals surface area contributed by atoms with Gasteiger partial charge in [0.05, 0.1) is 6.42 Å². The molecular formula is C12H21NO4. The number of carboxylic acids is 1. The first-order chi connectivity index (χ1) is 8.02. The Morgan fingerprint density at radius 3 is 2.41 bits per heavy atom. The Kier molecular flexibility index (Phi) is 5.41. The van der Waals surface area contributed by atoms with Crippen LogP contribution < -0.4 is 0 Å². The molecule has 0 spiro atoms. The molecule has 0 aromatic carbocycles. The van der Waals surface area contributed by atoms with E-state index in [1.807, 2.05) is 0 Å². The van der Waals surface area contributed by atoms with Gasteiger partial charge < -0.3 is 15.1 Å². The van der Waals surface area contributed by atoms with Gasteiger partial charge in [-0.05, 0) is 18.8 Å². The second kappa shape index (κ2) is 6.59. The van der Waals surface area contributed by atoms with Crippen molar-refractivity contribution in [1.29, 1.82) is 0 Å². The van der Waals surface area contributed by atoms with Gasteiger partial charge in [0.1, 0.15) is 6.10 Å². The number of aliphatic hydroxyl groups excluding tert-OH is 1. The Bertz CT molecular complexity index is 274. The Morgan fingerprint density at radius 1 is 1.29 bits per heavy atom. The largest absolute Gasteiger partial charge is 0.481 e. The third kappa shape index (κ3) is 4.34. The quantitative estimate of drug-likeness (QED) is 0.750. The van der Waals surface area contributed by atoms with Gasteiger partial charge in [0.15, 0.2) is 0 Å². The molecule has 0 heterocycles. The lowest BCUT2D eigenvalue weighted by Crippen LogP contribution is -2.42. The standard InChI is InChI=1S/C12H21NO4/c1-13(8-7-10(14)15)12(17)11(16)9-5-3-2-4-6-9/h9,11,16H,2-8H2,1H3,(H,14,15). The Morgan fingerprint density at radius 2 is 1.88 bits per heavy atom. The Balaban J connectivity index is 2.41. The average Bonchev–Trinajstić information content (AvgIpc) is 2.35. The summed E-state index contributed by atoms with van der Waals surface area (Å²) in [6.45, 7) is 0.151. The van der Waals surface area contributed by atoms with Crippen molar-refractivity contribution in [2.45, 2.75) is 44.6 Å². The van der Waals surface area contributed by atoms with Crippen LogP contribution >= 0.6 is 0 Å². The minimum atomic E-state index is -0.964. The summed E-state index contributed by atoms with van der Waals surface area (Å²) < 4.78 is 0. The summed E-state index contributed by atoms with van der Waals surface area (Å²) >= 11 is 0. The van der Waals surface area contributed by atoms with Crippen LogP contribution in [-0.4, -0.2) is 46.7 Å². The van der Waals surface area contributed by atoms with Crippen LogP contribution in [0.5, 0.6) is 0 Å². The van der Waals surface area contributed by atoms with Crippen LogP contribution in [0.4, 0.5) is 0 Å². The molecule has 1 amide bonds. The van der Waals surface area contributed by atoms with Gasteiger partial charge in [0.2, 0.25) is 0 Å². The van der Waals surface area contributed by atoms with Crippen LogP contribution in [-0.2, 0) is 9.59 Å². The third-order valence-electron chi connectivity index (χ3n) is 3.39. The maximum absolute atomic E-state index is 11.8. The van der Waals surface area contributed by atoms with Crippen LogP contribution in [0.15, 0.2) is 0 Å². The van der Waals surface area contributed by atoms with E-state index in [1.165, 1.54) is 18.4 Å². The molecule has 0 aromatic heterocycles. The fraction of sp³-hybridized carbons (Fsp3) is 0.833. The SMILES string of the molecule is CN(CCC(=O)O)C(=O)C(O)C1CCCCC1. The number of aliphatic carboxylic acids is 1. The van der Waals surface area contributed by atoms with Crippen LogP contribution in [0, 0.1) is 5.92 Å². The summed E-state index contributed by atoms with van der Waals surface area (Å²) in [5, 5.41) is 18.5. The van der Waals surface area contributed by atoms with Crippen molar-refractivity contribution in [1.82, 2.24) is 4.90 Å². The fourth-order valence-corrected chi connectivity index (χ4v) is 2.25. The highest BCUT2D eigenvalue weighted by molar-refractivity contribution is 5.81. The number of carboxylic acid groups (broad SMARTS) is 1. The number of carbonyl (C=O) groups excluding carboxylic acids is 1. The van der Waals surface area contributed by atoms with Gasteiger partial charge in [-0.1, -0.05) is 19.3 Å². The number of likely N-dealkylation sites (N-methyl/N-ethyl adjacent to an activating group) is 1. The van der Waals surface area contributed by atoms with Gasteiger partial charge in [0, 0.05) is 13.6 Å². The van der Waals surface area contributed by atoms with E-state index < -0.39 is 12.1 Å². The molecule has 1 fully saturated rings. The molecule has 98 valence electrons. The molecule has 1 atom stereocenters. The van der Waals surface area contributed by atoms with E-state index in [0.29, 0.717) is 0 Å². The molecule has 0 saturated heterocycles. The molecule has 0 aliphatic heterocycles. The van der Waals surface area contributed by atoms with Gasteiger partial charge in [-0.15, -0.1) is 0 Å². The van der Waals surface area contributed by atoms with Crippen molar-refractivity contribution in [2.24, 2.45) is 5.92 Å². The van der Waals surface area contributed by atoms with Gasteiger partial charge in [-0.3, -0.25) is 9.59 Å². The molecule has 5 nitrogen and oxygen atoms in total. The van der Waals surface area contributed by atoms with Crippen LogP contribution in [0.1, 0.15) is 38.5 Å². The molecule has 17 heavy (non-hydrogen) atoms. The normalized spacial score (nSPS) is 18.7. The zero-order chi connectivity index (χ0) is 12.8. The first-order valence-corrected chi connectivity index (χ1v) is 6.17. The number of nitrogens with zero attached hydrogens (tertiary/aromatic N) is 1. The van der Waals surface area contributed by atoms with Crippen LogP contribution in [0.25, 0.3) is 0 Å². The highest BCUT2D eigenvalue weighted by Crippen LogP contribution is 2.27. The number of aliphatic hydroxyl groups is 1. The smallest absolute Gasteiger partial charge is 0.305 e. The number of amides is 1. The highest BCUT2D eigenvalue weighted by Gasteiger charge is 2.29. The van der Waals surface area contributed by atoms with Crippen molar-refractivity contribution in [2.75, 3.05) is 13.6 Å². The molecule has 1 saturated carbocycles. The predicted molar refractivity (Wildman–Crippen MR) is 62.5 cm³/mol. The molecule has 1 unspecified atom stereocenters. The zero-order valence-corrected chi connectivity index (χ0v) is 10.3. The molecule has 0 radical (unpaired) electrons. The molecule has 1 aliphatic rings. The van der Waals surface area contributed by atoms with Gasteiger partial charge in [-0.2, -0.15) is 0 Å². The third-order valence-corrected chi connectivity index (χ3v) is 3.39. The summed E-state index contributed by atoms with van der Waals surface area (Å²) in [7, 11) is 1.54. The topological polar surface area (TPSA) is 77.8 Å². The monoisotopic (exact) mass is 243 g/mol. The lowest BCUT2D eigenvalue weighted by molar-refractivity contribution is -0.144. The first kappa shape index (κ1) is 14.0. The Labute approximate surface area is 101 Å². The summed E-state index contributed by atoms with van der Waals surface area (Å²) in [4.78, 5) is 23.5. The van der Waals surface area contributed by atoms with E-state index in [1.54, 1.807) is 0 Å². The molecular weight excluding hydrogens is 222 g/mol. The van der Waals surface area contributed by atoms with Crippen molar-refractivity contribution in [3.05, 3.63) is 0 Å². The van der Waals surface area contributed by atoms with E-state index in [9.17, 15) is 14.7 Å². The summed E-state index contributed by atoms with van der Waals surface area (Å²) in [6.07, 6.45) is 4.03. The zero-order valence-electron chi connectivity index (χ0n) is 10.3. The number of rotatable bonds is 5. The lowest BCUT2D eigenvalue weighted by atomic mass is 9.85. The van der Waals surface area contributed by atoms with Crippen LogP contribution in [0.2, 0.25) is 0 Å². The first-order valence-electron chi connectivity index (χ1n) is 6.17. The molecule has 1 rings (SSSR count). The van der Waals surface area contributed by atoms with Gasteiger partial charge >= 0.3 is 5.97 Å². The maximum atomic E-state index is 11.8. The molecule has 5 heteroatoms. The van der Waals surface area contributed by atoms with Gasteiger partial charge in [-0.25, -0.2) is 0 Å². The highest BCUT2D eigenvalue weighted by atomic mass is 16.4. The summed E-state index contributed by atoms with van der Waals surface area (Å²) in [6, 6.07) is 0. The van der Waals surface area contributed by atoms with Crippen molar-refractivity contribution >= 4 is 11.9 Å². The van der Waals surface area contributed by atoms with Crippen molar-refractivity contribution in [3.63, 3.8) is 0 Å². The van der Waals surface area contributed by atoms with Crippen molar-refractivity contribution in [3.8, 4) is 0 Å². The predicted octanol–water partition coefficient (Wildman–Crippen LogP) is 0.861. The average molecular weight is 243 g/mol. The van der Waals surface area contributed by atoms with E-state index in [0.717, 1.165) is 25.7 Å². The second-order valence-corrected chi connectivity index (χ2v) is 4.75.